The fourth-order valence-corrected chi connectivity index (χ4v) is 3.39. The Labute approximate surface area is 151 Å². The lowest BCUT2D eigenvalue weighted by Gasteiger charge is -2.04. The van der Waals surface area contributed by atoms with Crippen molar-refractivity contribution in [2.75, 3.05) is 0 Å². The molecule has 5 nitrogen and oxygen atoms in total. The summed E-state index contributed by atoms with van der Waals surface area (Å²) >= 11 is 3.41. The molecule has 0 spiro atoms. The monoisotopic (exact) mass is 393 g/mol. The molecule has 0 bridgehead atoms. The molecule has 0 aliphatic heterocycles. The molecule has 0 aliphatic rings. The average molecular weight is 394 g/mol. The van der Waals surface area contributed by atoms with Gasteiger partial charge in [0, 0.05) is 38.1 Å². The van der Waals surface area contributed by atoms with Crippen molar-refractivity contribution in [3.05, 3.63) is 76.0 Å². The first kappa shape index (κ1) is 15.5. The summed E-state index contributed by atoms with van der Waals surface area (Å²) in [7, 11) is 0. The highest BCUT2D eigenvalue weighted by atomic mass is 79.9. The zero-order chi connectivity index (χ0) is 17.6. The number of aromatic nitrogens is 2. The number of hydrogen-bond acceptors (Lipinski definition) is 3. The number of hydrogen-bond donors (Lipinski definition) is 2. The molecule has 2 aromatic carbocycles. The molecule has 0 radical (unpaired) electrons. The zero-order valence-electron chi connectivity index (χ0n) is 12.9. The Balaban J connectivity index is 1.97. The summed E-state index contributed by atoms with van der Waals surface area (Å²) in [6.45, 7) is 0. The molecule has 0 atom stereocenters. The highest BCUT2D eigenvalue weighted by Crippen LogP contribution is 2.29. The number of nitrogens with two attached hydrogens (primary N) is 1. The van der Waals surface area contributed by atoms with Crippen molar-refractivity contribution >= 4 is 49.4 Å². The lowest BCUT2D eigenvalue weighted by atomic mass is 10.0. The highest BCUT2D eigenvalue weighted by molar-refractivity contribution is 9.10. The summed E-state index contributed by atoms with van der Waals surface area (Å²) in [5.74, 6) is -0.672. The van der Waals surface area contributed by atoms with Crippen LogP contribution in [0.25, 0.3) is 21.8 Å². The van der Waals surface area contributed by atoms with E-state index in [-0.39, 0.29) is 5.78 Å². The van der Waals surface area contributed by atoms with Crippen molar-refractivity contribution in [2.24, 2.45) is 5.73 Å². The molecule has 6 heteroatoms. The van der Waals surface area contributed by atoms with E-state index in [1.165, 1.54) is 0 Å². The molecule has 1 amide bonds. The van der Waals surface area contributed by atoms with Gasteiger partial charge in [-0.3, -0.25) is 14.6 Å². The molecule has 2 aromatic heterocycles. The molecule has 0 aliphatic carbocycles. The van der Waals surface area contributed by atoms with E-state index in [4.69, 9.17) is 5.73 Å². The minimum atomic E-state index is -0.491. The molecular weight excluding hydrogens is 382 g/mol. The number of rotatable bonds is 3. The molecular formula is C19H12BrN3O2. The average Bonchev–Trinajstić information content (AvgIpc) is 2.99. The Bertz CT molecular complexity index is 1160. The second-order valence-electron chi connectivity index (χ2n) is 5.64. The van der Waals surface area contributed by atoms with Crippen molar-refractivity contribution in [3.63, 3.8) is 0 Å². The van der Waals surface area contributed by atoms with Gasteiger partial charge >= 0.3 is 0 Å². The number of fused-ring (bicyclic) bond motifs is 3. The largest absolute Gasteiger partial charge is 0.366 e. The number of amides is 1. The summed E-state index contributed by atoms with van der Waals surface area (Å²) < 4.78 is 0.714. The molecule has 0 fully saturated rings. The number of primary amides is 1. The third-order valence-corrected chi connectivity index (χ3v) is 4.83. The maximum absolute atomic E-state index is 12.9. The van der Waals surface area contributed by atoms with Gasteiger partial charge in [0.1, 0.15) is 5.69 Å². The normalized spacial score (nSPS) is 11.1. The minimum absolute atomic E-state index is 0.181. The van der Waals surface area contributed by atoms with E-state index in [2.05, 4.69) is 25.9 Å². The van der Waals surface area contributed by atoms with Gasteiger partial charge in [0.2, 0.25) is 11.7 Å². The highest BCUT2D eigenvalue weighted by Gasteiger charge is 2.19. The van der Waals surface area contributed by atoms with Crippen LogP contribution < -0.4 is 5.73 Å². The standard InChI is InChI=1S/C19H12BrN3O2/c20-14-4-2-1-3-12(14)18(24)17-16-11(7-8-22-17)13-9-10(19(21)25)5-6-15(13)23-16/h1-9,23H,(H2,21,25). The van der Waals surface area contributed by atoms with Crippen LogP contribution in [-0.4, -0.2) is 21.7 Å². The number of carbonyl (C=O) groups excluding carboxylic acids is 2. The molecule has 25 heavy (non-hydrogen) atoms. The van der Waals surface area contributed by atoms with Crippen LogP contribution in [0.2, 0.25) is 0 Å². The molecule has 4 rings (SSSR count). The van der Waals surface area contributed by atoms with Gasteiger partial charge < -0.3 is 10.7 Å². The van der Waals surface area contributed by atoms with E-state index < -0.39 is 5.91 Å². The maximum atomic E-state index is 12.9. The summed E-state index contributed by atoms with van der Waals surface area (Å²) in [4.78, 5) is 31.9. The topological polar surface area (TPSA) is 88.8 Å². The van der Waals surface area contributed by atoms with Gasteiger partial charge in [-0.25, -0.2) is 0 Å². The Kier molecular flexibility index (Phi) is 3.62. The van der Waals surface area contributed by atoms with Crippen LogP contribution in [0.1, 0.15) is 26.4 Å². The fourth-order valence-electron chi connectivity index (χ4n) is 2.92. The van der Waals surface area contributed by atoms with Gasteiger partial charge in [-0.2, -0.15) is 0 Å². The first-order valence-electron chi connectivity index (χ1n) is 7.56. The number of nitrogens with zero attached hydrogens (tertiary/aromatic N) is 1. The number of halogens is 1. The van der Waals surface area contributed by atoms with Gasteiger partial charge in [-0.05, 0) is 36.4 Å². The smallest absolute Gasteiger partial charge is 0.248 e. The predicted molar refractivity (Wildman–Crippen MR) is 99.7 cm³/mol. The van der Waals surface area contributed by atoms with Crippen molar-refractivity contribution in [1.29, 1.82) is 0 Å². The third kappa shape index (κ3) is 2.51. The first-order chi connectivity index (χ1) is 12.1. The summed E-state index contributed by atoms with van der Waals surface area (Å²) in [6.07, 6.45) is 1.59. The Morgan fingerprint density at radius 1 is 1.04 bits per heavy atom. The predicted octanol–water partition coefficient (Wildman–Crippen LogP) is 3.81. The van der Waals surface area contributed by atoms with Crippen LogP contribution >= 0.6 is 15.9 Å². The lowest BCUT2D eigenvalue weighted by molar-refractivity contribution is 0.0998. The van der Waals surface area contributed by atoms with Crippen LogP contribution in [0.3, 0.4) is 0 Å². The van der Waals surface area contributed by atoms with E-state index in [1.807, 2.05) is 24.3 Å². The molecule has 122 valence electrons. The molecule has 0 unspecified atom stereocenters. The Morgan fingerprint density at radius 2 is 1.84 bits per heavy atom. The van der Waals surface area contributed by atoms with Gasteiger partial charge in [-0.15, -0.1) is 0 Å². The second kappa shape index (κ2) is 5.82. The number of carbonyl (C=O) groups is 2. The summed E-state index contributed by atoms with van der Waals surface area (Å²) in [5, 5.41) is 1.65. The van der Waals surface area contributed by atoms with E-state index in [0.717, 1.165) is 16.3 Å². The van der Waals surface area contributed by atoms with E-state index >= 15 is 0 Å². The Morgan fingerprint density at radius 3 is 2.60 bits per heavy atom. The van der Waals surface area contributed by atoms with Gasteiger partial charge in [-0.1, -0.05) is 28.1 Å². The number of benzene rings is 2. The second-order valence-corrected chi connectivity index (χ2v) is 6.50. The quantitative estimate of drug-likeness (QED) is 0.518. The van der Waals surface area contributed by atoms with E-state index in [1.54, 1.807) is 30.5 Å². The van der Waals surface area contributed by atoms with Crippen LogP contribution in [0, 0.1) is 0 Å². The van der Waals surface area contributed by atoms with E-state index in [9.17, 15) is 9.59 Å². The number of nitrogens with one attached hydrogen (secondary N) is 1. The maximum Gasteiger partial charge on any atom is 0.248 e. The molecule has 2 heterocycles. The summed E-state index contributed by atoms with van der Waals surface area (Å²) in [6, 6.07) is 14.2. The summed E-state index contributed by atoms with van der Waals surface area (Å²) in [5.41, 5.74) is 8.12. The van der Waals surface area contributed by atoms with Crippen molar-refractivity contribution < 1.29 is 9.59 Å². The van der Waals surface area contributed by atoms with Crippen LogP contribution in [0.4, 0.5) is 0 Å². The number of pyridine rings is 1. The third-order valence-electron chi connectivity index (χ3n) is 4.14. The number of H-pyrrole nitrogens is 1. The Hall–Kier alpha value is -2.99. The molecule has 0 saturated heterocycles. The van der Waals surface area contributed by atoms with E-state index in [0.29, 0.717) is 26.8 Å². The van der Waals surface area contributed by atoms with Gasteiger partial charge in [0.05, 0.1) is 5.52 Å². The van der Waals surface area contributed by atoms with Crippen LogP contribution in [0.15, 0.2) is 59.2 Å². The molecule has 4 aromatic rings. The molecule has 3 N–H and O–H groups in total. The zero-order valence-corrected chi connectivity index (χ0v) is 14.5. The van der Waals surface area contributed by atoms with Crippen molar-refractivity contribution in [1.82, 2.24) is 9.97 Å². The number of aromatic amines is 1. The molecule has 0 saturated carbocycles. The van der Waals surface area contributed by atoms with Gasteiger partial charge in [0.25, 0.3) is 0 Å². The van der Waals surface area contributed by atoms with Crippen molar-refractivity contribution in [2.45, 2.75) is 0 Å². The van der Waals surface area contributed by atoms with Gasteiger partial charge in [0.15, 0.2) is 0 Å². The minimum Gasteiger partial charge on any atom is -0.366 e. The van der Waals surface area contributed by atoms with Crippen molar-refractivity contribution in [3.8, 4) is 0 Å². The SMILES string of the molecule is NC(=O)c1ccc2[nH]c3c(C(=O)c4ccccc4Br)nccc3c2c1. The lowest BCUT2D eigenvalue weighted by Crippen LogP contribution is -2.10. The number of ketones is 1. The first-order valence-corrected chi connectivity index (χ1v) is 8.35. The van der Waals surface area contributed by atoms with Crippen LogP contribution in [-0.2, 0) is 0 Å². The fraction of sp³-hybridized carbons (Fsp3) is 0. The van der Waals surface area contributed by atoms with Crippen LogP contribution in [0.5, 0.6) is 0 Å².